The maximum Gasteiger partial charge on any atom is 0.311 e. The molecule has 2 aromatic rings. The van der Waals surface area contributed by atoms with E-state index in [0.717, 1.165) is 6.42 Å². The molecule has 2 nitrogen and oxygen atoms in total. The summed E-state index contributed by atoms with van der Waals surface area (Å²) in [7, 11) is 0. The third kappa shape index (κ3) is 4.73. The predicted molar refractivity (Wildman–Crippen MR) is 90.3 cm³/mol. The van der Waals surface area contributed by atoms with Crippen molar-refractivity contribution in [2.75, 3.05) is 0 Å². The van der Waals surface area contributed by atoms with Gasteiger partial charge < -0.3 is 4.74 Å². The summed E-state index contributed by atoms with van der Waals surface area (Å²) in [5, 5.41) is 0. The molecule has 116 valence electrons. The number of carbonyl (C=O) groups is 1. The summed E-state index contributed by atoms with van der Waals surface area (Å²) in [5.41, 5.74) is 3.73. The van der Waals surface area contributed by atoms with Crippen LogP contribution in [0.2, 0.25) is 0 Å². The third-order valence-electron chi connectivity index (χ3n) is 3.83. The van der Waals surface area contributed by atoms with Gasteiger partial charge in [-0.05, 0) is 47.6 Å². The molecule has 0 bridgehead atoms. The first kappa shape index (κ1) is 16.3. The Bertz CT molecular complexity index is 595. The number of hydrogen-bond acceptors (Lipinski definition) is 2. The Morgan fingerprint density at radius 1 is 0.955 bits per heavy atom. The molecule has 0 aliphatic rings. The van der Waals surface area contributed by atoms with Crippen molar-refractivity contribution in [3.63, 3.8) is 0 Å². The summed E-state index contributed by atoms with van der Waals surface area (Å²) in [4.78, 5) is 11.9. The van der Waals surface area contributed by atoms with Crippen LogP contribution in [-0.4, -0.2) is 5.97 Å². The van der Waals surface area contributed by atoms with Crippen molar-refractivity contribution >= 4 is 5.97 Å². The highest BCUT2D eigenvalue weighted by molar-refractivity contribution is 5.72. The van der Waals surface area contributed by atoms with E-state index in [9.17, 15) is 4.79 Å². The van der Waals surface area contributed by atoms with Crippen LogP contribution >= 0.6 is 0 Å². The fourth-order valence-electron chi connectivity index (χ4n) is 2.29. The van der Waals surface area contributed by atoms with Gasteiger partial charge in [0.1, 0.15) is 5.75 Å². The Balaban J connectivity index is 1.84. The Morgan fingerprint density at radius 3 is 2.09 bits per heavy atom. The molecule has 0 saturated heterocycles. The van der Waals surface area contributed by atoms with Gasteiger partial charge in [-0.25, -0.2) is 0 Å². The molecular formula is C20H24O2. The van der Waals surface area contributed by atoms with Crippen molar-refractivity contribution in [1.29, 1.82) is 0 Å². The molecule has 0 spiro atoms. The molecular weight excluding hydrogens is 272 g/mol. The van der Waals surface area contributed by atoms with Gasteiger partial charge in [0.05, 0.1) is 0 Å². The molecule has 22 heavy (non-hydrogen) atoms. The van der Waals surface area contributed by atoms with Gasteiger partial charge in [-0.3, -0.25) is 4.79 Å². The first-order chi connectivity index (χ1) is 10.6. The summed E-state index contributed by atoms with van der Waals surface area (Å²) in [6, 6.07) is 16.2. The number of aryl methyl sites for hydroxylation is 2. The van der Waals surface area contributed by atoms with Crippen molar-refractivity contribution in [3.8, 4) is 5.75 Å². The minimum absolute atomic E-state index is 0.183. The van der Waals surface area contributed by atoms with E-state index in [1.54, 1.807) is 0 Å². The topological polar surface area (TPSA) is 26.3 Å². The van der Waals surface area contributed by atoms with Crippen LogP contribution in [0.3, 0.4) is 0 Å². The second-order valence-corrected chi connectivity index (χ2v) is 5.87. The zero-order chi connectivity index (χ0) is 15.9. The molecule has 0 saturated carbocycles. The normalized spacial score (nSPS) is 10.7. The number of ether oxygens (including phenoxy) is 1. The minimum Gasteiger partial charge on any atom is -0.427 e. The van der Waals surface area contributed by atoms with E-state index in [2.05, 4.69) is 45.0 Å². The smallest absolute Gasteiger partial charge is 0.311 e. The van der Waals surface area contributed by atoms with Crippen molar-refractivity contribution < 1.29 is 9.53 Å². The van der Waals surface area contributed by atoms with Gasteiger partial charge in [0, 0.05) is 6.42 Å². The molecule has 0 aliphatic heterocycles. The monoisotopic (exact) mass is 296 g/mol. The van der Waals surface area contributed by atoms with E-state index in [1.807, 2.05) is 24.3 Å². The number of rotatable bonds is 6. The Hall–Kier alpha value is -2.09. The van der Waals surface area contributed by atoms with E-state index in [0.29, 0.717) is 24.5 Å². The molecule has 0 unspecified atom stereocenters. The lowest BCUT2D eigenvalue weighted by Crippen LogP contribution is -2.09. The fraction of sp³-hybridized carbons (Fsp3) is 0.350. The lowest BCUT2D eigenvalue weighted by Gasteiger charge is -2.07. The van der Waals surface area contributed by atoms with Crippen LogP contribution in [-0.2, 0) is 17.6 Å². The second-order valence-electron chi connectivity index (χ2n) is 5.87. The van der Waals surface area contributed by atoms with Gasteiger partial charge in [-0.2, -0.15) is 0 Å². The summed E-state index contributed by atoms with van der Waals surface area (Å²) < 4.78 is 5.36. The number of carbonyl (C=O) groups excluding carboxylic acids is 1. The molecule has 0 N–H and O–H groups in total. The van der Waals surface area contributed by atoms with Crippen LogP contribution in [0.25, 0.3) is 0 Å². The van der Waals surface area contributed by atoms with Crippen LogP contribution in [0.4, 0.5) is 0 Å². The number of esters is 1. The summed E-state index contributed by atoms with van der Waals surface area (Å²) in [5.74, 6) is 0.972. The van der Waals surface area contributed by atoms with Gasteiger partial charge >= 0.3 is 5.97 Å². The highest BCUT2D eigenvalue weighted by Gasteiger charge is 2.06. The van der Waals surface area contributed by atoms with Crippen LogP contribution in [0, 0.1) is 0 Å². The van der Waals surface area contributed by atoms with E-state index < -0.39 is 0 Å². The molecule has 2 aromatic carbocycles. The minimum atomic E-state index is -0.183. The maximum atomic E-state index is 11.9. The lowest BCUT2D eigenvalue weighted by atomic mass is 10.0. The van der Waals surface area contributed by atoms with E-state index in [-0.39, 0.29) is 5.97 Å². The van der Waals surface area contributed by atoms with Crippen molar-refractivity contribution in [2.45, 2.75) is 46.0 Å². The van der Waals surface area contributed by atoms with Crippen molar-refractivity contribution in [3.05, 3.63) is 65.2 Å². The molecule has 0 amide bonds. The molecule has 0 aliphatic carbocycles. The Kier molecular flexibility index (Phi) is 5.76. The second kappa shape index (κ2) is 7.79. The van der Waals surface area contributed by atoms with Crippen molar-refractivity contribution in [1.82, 2.24) is 0 Å². The van der Waals surface area contributed by atoms with Gasteiger partial charge in [-0.15, -0.1) is 0 Å². The van der Waals surface area contributed by atoms with Gasteiger partial charge in [0.2, 0.25) is 0 Å². The molecule has 0 atom stereocenters. The predicted octanol–water partition coefficient (Wildman–Crippen LogP) is 4.91. The largest absolute Gasteiger partial charge is 0.427 e. The summed E-state index contributed by atoms with van der Waals surface area (Å²) in [6.45, 7) is 6.46. The van der Waals surface area contributed by atoms with Crippen molar-refractivity contribution in [2.24, 2.45) is 0 Å². The zero-order valence-corrected chi connectivity index (χ0v) is 13.6. The lowest BCUT2D eigenvalue weighted by molar-refractivity contribution is -0.134. The molecule has 2 heteroatoms. The number of benzene rings is 2. The van der Waals surface area contributed by atoms with Crippen LogP contribution in [0.1, 0.15) is 49.8 Å². The number of hydrogen-bond donors (Lipinski definition) is 0. The van der Waals surface area contributed by atoms with Crippen LogP contribution in [0.5, 0.6) is 5.75 Å². The van der Waals surface area contributed by atoms with Crippen LogP contribution in [0.15, 0.2) is 48.5 Å². The van der Waals surface area contributed by atoms with E-state index in [4.69, 9.17) is 4.74 Å². The first-order valence-corrected chi connectivity index (χ1v) is 7.97. The van der Waals surface area contributed by atoms with E-state index >= 15 is 0 Å². The fourth-order valence-corrected chi connectivity index (χ4v) is 2.29. The molecule has 0 radical (unpaired) electrons. The molecule has 0 fully saturated rings. The van der Waals surface area contributed by atoms with Crippen LogP contribution < -0.4 is 4.74 Å². The standard InChI is InChI=1S/C20H24O2/c1-4-16-7-12-19(13-8-16)22-20(21)14-9-17-5-10-18(11-6-17)15(2)3/h5-8,10-13,15H,4,9,14H2,1-3H3. The van der Waals surface area contributed by atoms with Gasteiger partial charge in [0.15, 0.2) is 0 Å². The SMILES string of the molecule is CCc1ccc(OC(=O)CCc2ccc(C(C)C)cc2)cc1. The highest BCUT2D eigenvalue weighted by atomic mass is 16.5. The van der Waals surface area contributed by atoms with Gasteiger partial charge in [-0.1, -0.05) is 57.2 Å². The highest BCUT2D eigenvalue weighted by Crippen LogP contribution is 2.16. The first-order valence-electron chi connectivity index (χ1n) is 7.97. The quantitative estimate of drug-likeness (QED) is 0.559. The summed E-state index contributed by atoms with van der Waals surface area (Å²) in [6.07, 6.45) is 2.10. The van der Waals surface area contributed by atoms with E-state index in [1.165, 1.54) is 16.7 Å². The Morgan fingerprint density at radius 2 is 1.55 bits per heavy atom. The third-order valence-corrected chi connectivity index (χ3v) is 3.83. The molecule has 0 heterocycles. The Labute approximate surface area is 133 Å². The molecule has 2 rings (SSSR count). The maximum absolute atomic E-state index is 11.9. The average Bonchev–Trinajstić information content (AvgIpc) is 2.54. The van der Waals surface area contributed by atoms with Gasteiger partial charge in [0.25, 0.3) is 0 Å². The summed E-state index contributed by atoms with van der Waals surface area (Å²) >= 11 is 0. The average molecular weight is 296 g/mol. The molecule has 0 aromatic heterocycles. The zero-order valence-electron chi connectivity index (χ0n) is 13.6.